The predicted molar refractivity (Wildman–Crippen MR) is 96.3 cm³/mol. The molecular formula is C19H26FN3O3. The highest BCUT2D eigenvalue weighted by Crippen LogP contribution is 2.21. The molecule has 3 rings (SSSR count). The number of carbonyl (C=O) groups is 2. The average molecular weight is 363 g/mol. The van der Waals surface area contributed by atoms with Gasteiger partial charge in [-0.2, -0.15) is 0 Å². The highest BCUT2D eigenvalue weighted by atomic mass is 19.1. The fraction of sp³-hybridized carbons (Fsp3) is 0.579. The van der Waals surface area contributed by atoms with Gasteiger partial charge >= 0.3 is 0 Å². The second kappa shape index (κ2) is 8.60. The number of halogens is 1. The van der Waals surface area contributed by atoms with E-state index in [1.807, 2.05) is 9.80 Å². The van der Waals surface area contributed by atoms with Crippen LogP contribution in [0.15, 0.2) is 18.2 Å². The molecule has 0 unspecified atom stereocenters. The Kier molecular flexibility index (Phi) is 6.21. The summed E-state index contributed by atoms with van der Waals surface area (Å²) in [6.45, 7) is 5.98. The zero-order valence-corrected chi connectivity index (χ0v) is 15.2. The van der Waals surface area contributed by atoms with Crippen molar-refractivity contribution in [2.45, 2.75) is 19.8 Å². The first-order valence-electron chi connectivity index (χ1n) is 9.18. The molecule has 1 aromatic carbocycles. The van der Waals surface area contributed by atoms with Gasteiger partial charge in [0.1, 0.15) is 5.82 Å². The van der Waals surface area contributed by atoms with E-state index in [1.54, 1.807) is 19.1 Å². The number of benzene rings is 1. The highest BCUT2D eigenvalue weighted by molar-refractivity contribution is 5.92. The number of nitrogens with one attached hydrogen (secondary N) is 1. The van der Waals surface area contributed by atoms with Crippen molar-refractivity contribution in [2.24, 2.45) is 5.92 Å². The number of hydrogen-bond acceptors (Lipinski definition) is 4. The molecule has 0 saturated carbocycles. The second-order valence-electron chi connectivity index (χ2n) is 7.02. The number of piperidine rings is 1. The fourth-order valence-electron chi connectivity index (χ4n) is 3.49. The normalized spacial score (nSPS) is 19.4. The maximum Gasteiger partial charge on any atom is 0.238 e. The summed E-state index contributed by atoms with van der Waals surface area (Å²) in [5, 5.41) is 2.63. The summed E-state index contributed by atoms with van der Waals surface area (Å²) in [6.07, 6.45) is 1.50. The topological polar surface area (TPSA) is 61.9 Å². The number of rotatable bonds is 4. The van der Waals surface area contributed by atoms with E-state index < -0.39 is 5.82 Å². The molecule has 0 atom stereocenters. The first-order chi connectivity index (χ1) is 12.5. The standard InChI is InChI=1S/C19H26FN3O3/c1-14-2-3-17(16(20)12-14)21-18(24)13-22-6-4-15(5-7-22)19(25)23-8-10-26-11-9-23/h2-3,12,15H,4-11,13H2,1H3,(H,21,24). The highest BCUT2D eigenvalue weighted by Gasteiger charge is 2.29. The van der Waals surface area contributed by atoms with E-state index >= 15 is 0 Å². The van der Waals surface area contributed by atoms with Gasteiger partial charge in [-0.25, -0.2) is 4.39 Å². The maximum atomic E-state index is 13.8. The van der Waals surface area contributed by atoms with Gasteiger partial charge < -0.3 is 15.0 Å². The van der Waals surface area contributed by atoms with E-state index in [1.165, 1.54) is 6.07 Å². The lowest BCUT2D eigenvalue weighted by Crippen LogP contribution is -2.47. The van der Waals surface area contributed by atoms with Crippen LogP contribution < -0.4 is 5.32 Å². The van der Waals surface area contributed by atoms with E-state index in [4.69, 9.17) is 4.74 Å². The van der Waals surface area contributed by atoms with Crippen LogP contribution in [0.4, 0.5) is 10.1 Å². The van der Waals surface area contributed by atoms with Gasteiger partial charge in [0.15, 0.2) is 0 Å². The summed E-state index contributed by atoms with van der Waals surface area (Å²) in [5.74, 6) is -0.417. The zero-order valence-electron chi connectivity index (χ0n) is 15.2. The van der Waals surface area contributed by atoms with Gasteiger partial charge in [-0.15, -0.1) is 0 Å². The van der Waals surface area contributed by atoms with E-state index in [2.05, 4.69) is 5.32 Å². The van der Waals surface area contributed by atoms with Crippen molar-refractivity contribution in [2.75, 3.05) is 51.3 Å². The summed E-state index contributed by atoms with van der Waals surface area (Å²) in [4.78, 5) is 28.6. The molecule has 2 saturated heterocycles. The Bertz CT molecular complexity index is 653. The molecule has 2 amide bonds. The fourth-order valence-corrected chi connectivity index (χ4v) is 3.49. The van der Waals surface area contributed by atoms with Gasteiger partial charge in [-0.05, 0) is 50.6 Å². The molecule has 0 aromatic heterocycles. The van der Waals surface area contributed by atoms with Crippen LogP contribution in [0.1, 0.15) is 18.4 Å². The van der Waals surface area contributed by atoms with E-state index in [-0.39, 0.29) is 30.0 Å². The molecular weight excluding hydrogens is 337 g/mol. The van der Waals surface area contributed by atoms with Gasteiger partial charge in [-0.3, -0.25) is 14.5 Å². The zero-order chi connectivity index (χ0) is 18.5. The number of nitrogens with zero attached hydrogens (tertiary/aromatic N) is 2. The minimum Gasteiger partial charge on any atom is -0.378 e. The molecule has 2 aliphatic rings. The van der Waals surface area contributed by atoms with Gasteiger partial charge in [0.25, 0.3) is 0 Å². The third-order valence-corrected chi connectivity index (χ3v) is 5.03. The van der Waals surface area contributed by atoms with Crippen molar-refractivity contribution in [3.05, 3.63) is 29.6 Å². The smallest absolute Gasteiger partial charge is 0.238 e. The minimum atomic E-state index is -0.423. The third-order valence-electron chi connectivity index (χ3n) is 5.03. The summed E-state index contributed by atoms with van der Waals surface area (Å²) in [5.41, 5.74) is 1.02. The molecule has 1 aromatic rings. The van der Waals surface area contributed by atoms with Crippen molar-refractivity contribution < 1.29 is 18.7 Å². The Morgan fingerprint density at radius 1 is 1.19 bits per heavy atom. The molecule has 1 N–H and O–H groups in total. The van der Waals surface area contributed by atoms with Crippen LogP contribution in [0, 0.1) is 18.7 Å². The Hall–Kier alpha value is -1.99. The van der Waals surface area contributed by atoms with Crippen LogP contribution in [0.2, 0.25) is 0 Å². The van der Waals surface area contributed by atoms with Crippen LogP contribution in [-0.2, 0) is 14.3 Å². The van der Waals surface area contributed by atoms with Crippen LogP contribution in [0.25, 0.3) is 0 Å². The second-order valence-corrected chi connectivity index (χ2v) is 7.02. The molecule has 26 heavy (non-hydrogen) atoms. The molecule has 2 fully saturated rings. The van der Waals surface area contributed by atoms with Crippen molar-refractivity contribution in [1.29, 1.82) is 0 Å². The molecule has 7 heteroatoms. The molecule has 0 aliphatic carbocycles. The summed E-state index contributed by atoms with van der Waals surface area (Å²) < 4.78 is 19.1. The van der Waals surface area contributed by atoms with Crippen molar-refractivity contribution in [1.82, 2.24) is 9.80 Å². The van der Waals surface area contributed by atoms with E-state index in [0.29, 0.717) is 39.4 Å². The summed E-state index contributed by atoms with van der Waals surface area (Å²) in [7, 11) is 0. The number of aryl methyl sites for hydroxylation is 1. The first-order valence-corrected chi connectivity index (χ1v) is 9.18. The van der Waals surface area contributed by atoms with Gasteiger partial charge in [-0.1, -0.05) is 6.07 Å². The Labute approximate surface area is 153 Å². The minimum absolute atomic E-state index is 0.0296. The lowest BCUT2D eigenvalue weighted by molar-refractivity contribution is -0.141. The van der Waals surface area contributed by atoms with Crippen molar-refractivity contribution in [3.63, 3.8) is 0 Å². The number of amides is 2. The molecule has 6 nitrogen and oxygen atoms in total. The molecule has 2 aliphatic heterocycles. The van der Waals surface area contributed by atoms with Gasteiger partial charge in [0.05, 0.1) is 25.4 Å². The number of carbonyl (C=O) groups excluding carboxylic acids is 2. The number of anilines is 1. The van der Waals surface area contributed by atoms with Crippen molar-refractivity contribution >= 4 is 17.5 Å². The third kappa shape index (κ3) is 4.80. The Balaban J connectivity index is 1.44. The van der Waals surface area contributed by atoms with Crippen LogP contribution in [-0.4, -0.2) is 67.6 Å². The summed E-state index contributed by atoms with van der Waals surface area (Å²) in [6, 6.07) is 4.75. The molecule has 0 bridgehead atoms. The lowest BCUT2D eigenvalue weighted by Gasteiger charge is -2.35. The van der Waals surface area contributed by atoms with E-state index in [9.17, 15) is 14.0 Å². The Morgan fingerprint density at radius 2 is 1.88 bits per heavy atom. The SMILES string of the molecule is Cc1ccc(NC(=O)CN2CCC(C(=O)N3CCOCC3)CC2)c(F)c1. The first kappa shape index (κ1) is 18.8. The van der Waals surface area contributed by atoms with Gasteiger partial charge in [0, 0.05) is 19.0 Å². The quantitative estimate of drug-likeness (QED) is 0.884. The largest absolute Gasteiger partial charge is 0.378 e. The molecule has 0 spiro atoms. The number of likely N-dealkylation sites (tertiary alicyclic amines) is 1. The molecule has 0 radical (unpaired) electrons. The van der Waals surface area contributed by atoms with Crippen LogP contribution in [0.5, 0.6) is 0 Å². The number of hydrogen-bond donors (Lipinski definition) is 1. The monoisotopic (exact) mass is 363 g/mol. The maximum absolute atomic E-state index is 13.8. The number of morpholine rings is 1. The lowest BCUT2D eigenvalue weighted by atomic mass is 9.95. The van der Waals surface area contributed by atoms with Crippen LogP contribution in [0.3, 0.4) is 0 Å². The van der Waals surface area contributed by atoms with Crippen molar-refractivity contribution in [3.8, 4) is 0 Å². The van der Waals surface area contributed by atoms with Gasteiger partial charge in [0.2, 0.25) is 11.8 Å². The predicted octanol–water partition coefficient (Wildman–Crippen LogP) is 1.64. The Morgan fingerprint density at radius 3 is 2.54 bits per heavy atom. The number of ether oxygens (including phenoxy) is 1. The molecule has 142 valence electrons. The van der Waals surface area contributed by atoms with E-state index in [0.717, 1.165) is 18.4 Å². The van der Waals surface area contributed by atoms with Crippen LogP contribution >= 0.6 is 0 Å². The average Bonchev–Trinajstić information content (AvgIpc) is 2.65. The summed E-state index contributed by atoms with van der Waals surface area (Å²) >= 11 is 0. The molecule has 2 heterocycles.